The highest BCUT2D eigenvalue weighted by molar-refractivity contribution is 7.89. The van der Waals surface area contributed by atoms with Gasteiger partial charge in [-0.05, 0) is 29.5 Å². The summed E-state index contributed by atoms with van der Waals surface area (Å²) in [5.74, 6) is -0.413. The van der Waals surface area contributed by atoms with E-state index in [0.717, 1.165) is 11.3 Å². The van der Waals surface area contributed by atoms with Crippen molar-refractivity contribution in [2.24, 2.45) is 5.92 Å². The maximum Gasteiger partial charge on any atom is 0.262 e. The second kappa shape index (κ2) is 8.59. The van der Waals surface area contributed by atoms with Crippen molar-refractivity contribution in [3.8, 4) is 0 Å². The van der Waals surface area contributed by atoms with Gasteiger partial charge in [-0.1, -0.05) is 26.0 Å². The lowest BCUT2D eigenvalue weighted by Gasteiger charge is -2.35. The van der Waals surface area contributed by atoms with E-state index in [-0.39, 0.29) is 40.5 Å². The number of carbonyl (C=O) groups is 1. The second-order valence-corrected chi connectivity index (χ2v) is 9.88. The SMILES string of the molecule is CC(C)CNC(=O)c1sccc1S(=O)(=O)N1CCN(c2ccccc2F)CC1. The fraction of sp³-hybridized carbons (Fsp3) is 0.421. The van der Waals surface area contributed by atoms with Crippen molar-refractivity contribution in [1.29, 1.82) is 0 Å². The zero-order valence-electron chi connectivity index (χ0n) is 15.9. The molecule has 1 fully saturated rings. The van der Waals surface area contributed by atoms with E-state index in [1.54, 1.807) is 23.6 Å². The van der Waals surface area contributed by atoms with E-state index in [1.165, 1.54) is 16.4 Å². The van der Waals surface area contributed by atoms with Gasteiger partial charge in [0.05, 0.1) is 5.69 Å². The molecule has 2 aromatic rings. The number of anilines is 1. The molecule has 1 aliphatic rings. The molecular formula is C19H24FN3O3S2. The number of nitrogens with zero attached hydrogens (tertiary/aromatic N) is 2. The van der Waals surface area contributed by atoms with Crippen molar-refractivity contribution in [2.75, 3.05) is 37.6 Å². The number of amides is 1. The van der Waals surface area contributed by atoms with Crippen LogP contribution in [0.1, 0.15) is 23.5 Å². The average molecular weight is 426 g/mol. The highest BCUT2D eigenvalue weighted by Crippen LogP contribution is 2.27. The van der Waals surface area contributed by atoms with E-state index < -0.39 is 10.0 Å². The van der Waals surface area contributed by atoms with Gasteiger partial charge in [-0.25, -0.2) is 12.8 Å². The van der Waals surface area contributed by atoms with Crippen molar-refractivity contribution >= 4 is 33.0 Å². The van der Waals surface area contributed by atoms with E-state index in [4.69, 9.17) is 0 Å². The first-order valence-electron chi connectivity index (χ1n) is 9.16. The lowest BCUT2D eigenvalue weighted by molar-refractivity contribution is 0.0950. The molecule has 0 spiro atoms. The lowest BCUT2D eigenvalue weighted by atomic mass is 10.2. The number of benzene rings is 1. The fourth-order valence-electron chi connectivity index (χ4n) is 3.06. The van der Waals surface area contributed by atoms with Gasteiger partial charge in [0.1, 0.15) is 15.6 Å². The number of halogens is 1. The van der Waals surface area contributed by atoms with Crippen LogP contribution in [0.25, 0.3) is 0 Å². The molecule has 0 saturated carbocycles. The Bertz CT molecular complexity index is 935. The minimum Gasteiger partial charge on any atom is -0.367 e. The van der Waals surface area contributed by atoms with Crippen LogP contribution < -0.4 is 10.2 Å². The molecule has 0 bridgehead atoms. The monoisotopic (exact) mass is 425 g/mol. The fourth-order valence-corrected chi connectivity index (χ4v) is 5.80. The maximum absolute atomic E-state index is 14.0. The zero-order valence-corrected chi connectivity index (χ0v) is 17.5. The van der Waals surface area contributed by atoms with Gasteiger partial charge in [0.15, 0.2) is 0 Å². The number of carbonyl (C=O) groups excluding carboxylic acids is 1. The molecule has 2 heterocycles. The molecule has 152 valence electrons. The summed E-state index contributed by atoms with van der Waals surface area (Å²) in [4.78, 5) is 14.5. The van der Waals surface area contributed by atoms with Gasteiger partial charge in [0.25, 0.3) is 5.91 Å². The number of thiophene rings is 1. The number of rotatable bonds is 6. The van der Waals surface area contributed by atoms with Crippen LogP contribution in [0.15, 0.2) is 40.6 Å². The van der Waals surface area contributed by atoms with E-state index in [0.29, 0.717) is 25.3 Å². The topological polar surface area (TPSA) is 69.7 Å². The van der Waals surface area contributed by atoms with Crippen molar-refractivity contribution in [3.05, 3.63) is 46.4 Å². The molecule has 6 nitrogen and oxygen atoms in total. The van der Waals surface area contributed by atoms with Crippen LogP contribution in [0.4, 0.5) is 10.1 Å². The number of nitrogens with one attached hydrogen (secondary N) is 1. The Hall–Kier alpha value is -1.97. The largest absolute Gasteiger partial charge is 0.367 e. The summed E-state index contributed by atoms with van der Waals surface area (Å²) in [6, 6.07) is 7.95. The van der Waals surface area contributed by atoms with Crippen molar-refractivity contribution < 1.29 is 17.6 Å². The molecule has 1 amide bonds. The van der Waals surface area contributed by atoms with Gasteiger partial charge in [-0.15, -0.1) is 11.3 Å². The van der Waals surface area contributed by atoms with Crippen LogP contribution >= 0.6 is 11.3 Å². The Morgan fingerprint density at radius 2 is 1.86 bits per heavy atom. The zero-order chi connectivity index (χ0) is 20.3. The third-order valence-electron chi connectivity index (χ3n) is 4.56. The highest BCUT2D eigenvalue weighted by atomic mass is 32.2. The van der Waals surface area contributed by atoms with Crippen LogP contribution in [0.2, 0.25) is 0 Å². The Morgan fingerprint density at radius 3 is 2.50 bits per heavy atom. The molecule has 0 unspecified atom stereocenters. The number of sulfonamides is 1. The minimum absolute atomic E-state index is 0.0399. The molecular weight excluding hydrogens is 401 g/mol. The first-order chi connectivity index (χ1) is 13.3. The Balaban J connectivity index is 1.72. The molecule has 0 atom stereocenters. The van der Waals surface area contributed by atoms with E-state index in [1.807, 2.05) is 18.7 Å². The summed E-state index contributed by atoms with van der Waals surface area (Å²) >= 11 is 1.12. The van der Waals surface area contributed by atoms with Crippen molar-refractivity contribution in [1.82, 2.24) is 9.62 Å². The van der Waals surface area contributed by atoms with Gasteiger partial charge in [0.2, 0.25) is 10.0 Å². The summed E-state index contributed by atoms with van der Waals surface area (Å²) in [5, 5.41) is 4.39. The normalized spacial score (nSPS) is 15.8. The minimum atomic E-state index is -3.79. The number of hydrogen-bond acceptors (Lipinski definition) is 5. The summed E-state index contributed by atoms with van der Waals surface area (Å²) < 4.78 is 41.5. The Labute approximate surface area is 169 Å². The standard InChI is InChI=1S/C19H24FN3O3S2/c1-14(2)13-21-19(24)18-17(7-12-27-18)28(25,26)23-10-8-22(9-11-23)16-6-4-3-5-15(16)20/h3-7,12,14H,8-11,13H2,1-2H3,(H,21,24). The van der Waals surface area contributed by atoms with Crippen LogP contribution in [-0.4, -0.2) is 51.4 Å². The van der Waals surface area contributed by atoms with Crippen molar-refractivity contribution in [2.45, 2.75) is 18.7 Å². The molecule has 1 aromatic carbocycles. The maximum atomic E-state index is 14.0. The summed E-state index contributed by atoms with van der Waals surface area (Å²) in [6.45, 7) is 5.68. The third-order valence-corrected chi connectivity index (χ3v) is 7.54. The number of para-hydroxylation sites is 1. The molecule has 0 aliphatic carbocycles. The molecule has 9 heteroatoms. The molecule has 1 saturated heterocycles. The van der Waals surface area contributed by atoms with Crippen LogP contribution in [-0.2, 0) is 10.0 Å². The third kappa shape index (κ3) is 4.37. The van der Waals surface area contributed by atoms with E-state index in [9.17, 15) is 17.6 Å². The van der Waals surface area contributed by atoms with Crippen LogP contribution in [0.5, 0.6) is 0 Å². The van der Waals surface area contributed by atoms with Crippen LogP contribution in [0, 0.1) is 11.7 Å². The van der Waals surface area contributed by atoms with Gasteiger partial charge in [-0.2, -0.15) is 4.31 Å². The quantitative estimate of drug-likeness (QED) is 0.773. The van der Waals surface area contributed by atoms with E-state index in [2.05, 4.69) is 5.32 Å². The summed E-state index contributed by atoms with van der Waals surface area (Å²) in [5.41, 5.74) is 0.476. The summed E-state index contributed by atoms with van der Waals surface area (Å²) in [6.07, 6.45) is 0. The van der Waals surface area contributed by atoms with Gasteiger partial charge in [-0.3, -0.25) is 4.79 Å². The Morgan fingerprint density at radius 1 is 1.18 bits per heavy atom. The lowest BCUT2D eigenvalue weighted by Crippen LogP contribution is -2.49. The average Bonchev–Trinajstić information content (AvgIpc) is 3.17. The smallest absolute Gasteiger partial charge is 0.262 e. The van der Waals surface area contributed by atoms with Crippen LogP contribution in [0.3, 0.4) is 0 Å². The van der Waals surface area contributed by atoms with Crippen molar-refractivity contribution in [3.63, 3.8) is 0 Å². The predicted octanol–water partition coefficient (Wildman–Crippen LogP) is 2.78. The molecule has 1 aromatic heterocycles. The second-order valence-electron chi connectivity index (χ2n) is 7.06. The van der Waals surface area contributed by atoms with E-state index >= 15 is 0 Å². The number of piperazine rings is 1. The van der Waals surface area contributed by atoms with Gasteiger partial charge < -0.3 is 10.2 Å². The first kappa shape index (κ1) is 20.8. The molecule has 1 aliphatic heterocycles. The van der Waals surface area contributed by atoms with Gasteiger partial charge in [0, 0.05) is 32.7 Å². The van der Waals surface area contributed by atoms with Gasteiger partial charge >= 0.3 is 0 Å². The molecule has 28 heavy (non-hydrogen) atoms. The predicted molar refractivity (Wildman–Crippen MR) is 109 cm³/mol. The number of hydrogen-bond donors (Lipinski definition) is 1. The molecule has 0 radical (unpaired) electrons. The Kier molecular flexibility index (Phi) is 6.36. The first-order valence-corrected chi connectivity index (χ1v) is 11.5. The summed E-state index contributed by atoms with van der Waals surface area (Å²) in [7, 11) is -3.79. The highest BCUT2D eigenvalue weighted by Gasteiger charge is 2.33. The molecule has 1 N–H and O–H groups in total. The molecule has 3 rings (SSSR count).